The van der Waals surface area contributed by atoms with E-state index in [1.165, 1.54) is 0 Å². The molecule has 14 heavy (non-hydrogen) atoms. The van der Waals surface area contributed by atoms with Gasteiger partial charge in [-0.15, -0.1) is 0 Å². The molecule has 6 nitrogen and oxygen atoms in total. The van der Waals surface area contributed by atoms with Crippen LogP contribution in [0.25, 0.3) is 0 Å². The van der Waals surface area contributed by atoms with E-state index >= 15 is 0 Å². The average molecular weight is 203 g/mol. The zero-order valence-electron chi connectivity index (χ0n) is 7.50. The summed E-state index contributed by atoms with van der Waals surface area (Å²) in [5, 5.41) is 45.4. The quantitative estimate of drug-likeness (QED) is 0.416. The van der Waals surface area contributed by atoms with Crippen LogP contribution < -0.4 is 0 Å². The highest BCUT2D eigenvalue weighted by Crippen LogP contribution is 2.28. The summed E-state index contributed by atoms with van der Waals surface area (Å²) in [6, 6.07) is 1.82. The van der Waals surface area contributed by atoms with Crippen molar-refractivity contribution in [3.63, 3.8) is 0 Å². The summed E-state index contributed by atoms with van der Waals surface area (Å²) in [6.45, 7) is -0.826. The fraction of sp³-hybridized carbons (Fsp3) is 0.875. The summed E-state index contributed by atoms with van der Waals surface area (Å²) in [7, 11) is 0. The van der Waals surface area contributed by atoms with E-state index in [1.54, 1.807) is 0 Å². The molecule has 1 aliphatic rings. The van der Waals surface area contributed by atoms with Gasteiger partial charge in [-0.05, 0) is 0 Å². The Bertz CT molecular complexity index is 240. The highest BCUT2D eigenvalue weighted by Gasteiger charge is 2.47. The van der Waals surface area contributed by atoms with Crippen LogP contribution >= 0.6 is 0 Å². The van der Waals surface area contributed by atoms with Crippen LogP contribution in [0.4, 0.5) is 0 Å². The van der Waals surface area contributed by atoms with Crippen LogP contribution in [-0.4, -0.2) is 51.1 Å². The molecule has 0 aromatic rings. The molecular weight excluding hydrogens is 190 g/mol. The summed E-state index contributed by atoms with van der Waals surface area (Å²) in [4.78, 5) is 0. The van der Waals surface area contributed by atoms with E-state index in [0.717, 1.165) is 0 Å². The lowest BCUT2D eigenvalue weighted by Crippen LogP contribution is -2.59. The van der Waals surface area contributed by atoms with Gasteiger partial charge in [0, 0.05) is 6.42 Å². The molecule has 4 atom stereocenters. The number of nitriles is 1. The van der Waals surface area contributed by atoms with E-state index in [1.807, 2.05) is 6.07 Å². The van der Waals surface area contributed by atoms with Crippen molar-refractivity contribution in [2.24, 2.45) is 0 Å². The molecule has 0 radical (unpaired) electrons. The Kier molecular flexibility index (Phi) is 3.42. The van der Waals surface area contributed by atoms with Gasteiger partial charge in [0.1, 0.15) is 6.10 Å². The number of ether oxygens (including phenoxy) is 1. The molecule has 0 aromatic heterocycles. The number of aliphatic hydroxyl groups is 4. The zero-order valence-corrected chi connectivity index (χ0v) is 7.50. The third-order valence-electron chi connectivity index (χ3n) is 2.25. The maximum absolute atomic E-state index is 9.52. The first-order valence-corrected chi connectivity index (χ1v) is 4.27. The van der Waals surface area contributed by atoms with Crippen LogP contribution in [0.15, 0.2) is 0 Å². The number of aliphatic hydroxyl groups excluding tert-OH is 3. The Balaban J connectivity index is 2.72. The van der Waals surface area contributed by atoms with Crippen LogP contribution in [-0.2, 0) is 4.74 Å². The Morgan fingerprint density at radius 1 is 1.50 bits per heavy atom. The van der Waals surface area contributed by atoms with Gasteiger partial charge in [0.05, 0.1) is 31.3 Å². The molecule has 0 saturated carbocycles. The largest absolute Gasteiger partial charge is 0.391 e. The van der Waals surface area contributed by atoms with Crippen molar-refractivity contribution in [1.29, 1.82) is 5.26 Å². The lowest BCUT2D eigenvalue weighted by Gasteiger charge is -2.41. The fourth-order valence-corrected chi connectivity index (χ4v) is 1.46. The van der Waals surface area contributed by atoms with Crippen molar-refractivity contribution >= 4 is 0 Å². The van der Waals surface area contributed by atoms with Crippen molar-refractivity contribution in [1.82, 2.24) is 0 Å². The van der Waals surface area contributed by atoms with Crippen molar-refractivity contribution in [2.45, 2.75) is 36.9 Å². The van der Waals surface area contributed by atoms with Gasteiger partial charge in [-0.25, -0.2) is 0 Å². The second kappa shape index (κ2) is 4.21. The van der Waals surface area contributed by atoms with E-state index in [4.69, 9.17) is 15.1 Å². The molecule has 4 N–H and O–H groups in total. The molecule has 80 valence electrons. The van der Waals surface area contributed by atoms with Gasteiger partial charge in [-0.3, -0.25) is 0 Å². The smallest absolute Gasteiger partial charge is 0.218 e. The summed E-state index contributed by atoms with van der Waals surface area (Å²) in [5.74, 6) is -2.17. The molecule has 0 amide bonds. The first-order valence-electron chi connectivity index (χ1n) is 4.27. The number of hydrogen-bond donors (Lipinski definition) is 4. The molecule has 0 unspecified atom stereocenters. The average Bonchev–Trinajstić information content (AvgIpc) is 2.15. The number of hydrogen-bond acceptors (Lipinski definition) is 6. The molecule has 0 bridgehead atoms. The number of rotatable bonds is 2. The summed E-state index contributed by atoms with van der Waals surface area (Å²) < 4.78 is 4.92. The van der Waals surface area contributed by atoms with Crippen LogP contribution in [0.3, 0.4) is 0 Å². The molecular formula is C8H13NO5. The van der Waals surface area contributed by atoms with Gasteiger partial charge >= 0.3 is 0 Å². The molecule has 1 aliphatic heterocycles. The van der Waals surface area contributed by atoms with Crippen LogP contribution in [0.1, 0.15) is 12.8 Å². The van der Waals surface area contributed by atoms with Gasteiger partial charge in [0.15, 0.2) is 0 Å². The Labute approximate surface area is 81.0 Å². The van der Waals surface area contributed by atoms with E-state index in [9.17, 15) is 15.3 Å². The lowest BCUT2D eigenvalue weighted by molar-refractivity contribution is -0.331. The molecule has 6 heteroatoms. The van der Waals surface area contributed by atoms with Gasteiger partial charge in [-0.1, -0.05) is 0 Å². The molecule has 0 aliphatic carbocycles. The van der Waals surface area contributed by atoms with Crippen LogP contribution in [0.2, 0.25) is 0 Å². The van der Waals surface area contributed by atoms with Gasteiger partial charge in [0.25, 0.3) is 0 Å². The van der Waals surface area contributed by atoms with Gasteiger partial charge in [-0.2, -0.15) is 5.26 Å². The first kappa shape index (κ1) is 11.4. The standard InChI is InChI=1S/C8H13NO5/c9-2-1-5-3-6(11)7(12)8(13,4-10)14-5/h5-7,10-13H,1,3-4H2/t5-,6+,7-,8+/m0/s1. The minimum absolute atomic E-state index is 0.00785. The van der Waals surface area contributed by atoms with E-state index in [-0.39, 0.29) is 12.8 Å². The van der Waals surface area contributed by atoms with E-state index in [2.05, 4.69) is 0 Å². The Hall–Kier alpha value is -0.710. The minimum Gasteiger partial charge on any atom is -0.391 e. The third-order valence-corrected chi connectivity index (χ3v) is 2.25. The van der Waals surface area contributed by atoms with E-state index in [0.29, 0.717) is 0 Å². The SMILES string of the molecule is N#CC[C@H]1C[C@@H](O)[C@H](O)[C@@](O)(CO)O1. The summed E-state index contributed by atoms with van der Waals surface area (Å²) >= 11 is 0. The fourth-order valence-electron chi connectivity index (χ4n) is 1.46. The Morgan fingerprint density at radius 2 is 2.14 bits per heavy atom. The van der Waals surface area contributed by atoms with Crippen molar-refractivity contribution < 1.29 is 25.2 Å². The van der Waals surface area contributed by atoms with E-state index < -0.39 is 30.7 Å². The predicted octanol–water partition coefficient (Wildman–Crippen LogP) is -1.91. The van der Waals surface area contributed by atoms with Crippen molar-refractivity contribution in [2.75, 3.05) is 6.61 Å². The zero-order chi connectivity index (χ0) is 10.8. The van der Waals surface area contributed by atoms with Gasteiger partial charge < -0.3 is 25.2 Å². The topological polar surface area (TPSA) is 114 Å². The second-order valence-electron chi connectivity index (χ2n) is 3.35. The maximum Gasteiger partial charge on any atom is 0.218 e. The number of nitrogens with zero attached hydrogens (tertiary/aromatic N) is 1. The first-order chi connectivity index (χ1) is 6.53. The monoisotopic (exact) mass is 203 g/mol. The van der Waals surface area contributed by atoms with Crippen LogP contribution in [0.5, 0.6) is 0 Å². The predicted molar refractivity (Wildman–Crippen MR) is 43.8 cm³/mol. The highest BCUT2D eigenvalue weighted by molar-refractivity contribution is 4.92. The van der Waals surface area contributed by atoms with Crippen molar-refractivity contribution in [3.8, 4) is 6.07 Å². The lowest BCUT2D eigenvalue weighted by atomic mass is 9.94. The summed E-state index contributed by atoms with van der Waals surface area (Å²) in [5.41, 5.74) is 0. The molecule has 1 saturated heterocycles. The highest BCUT2D eigenvalue weighted by atomic mass is 16.7. The van der Waals surface area contributed by atoms with Gasteiger partial charge in [0.2, 0.25) is 5.79 Å². The van der Waals surface area contributed by atoms with Crippen LogP contribution in [0, 0.1) is 11.3 Å². The summed E-state index contributed by atoms with van der Waals surface area (Å²) in [6.07, 6.45) is -3.36. The minimum atomic E-state index is -2.17. The molecule has 1 rings (SSSR count). The molecule has 0 spiro atoms. The normalized spacial score (nSPS) is 43.2. The molecule has 1 fully saturated rings. The maximum atomic E-state index is 9.52. The molecule has 1 heterocycles. The molecule has 0 aromatic carbocycles. The third kappa shape index (κ3) is 2.03. The van der Waals surface area contributed by atoms with Crippen molar-refractivity contribution in [3.05, 3.63) is 0 Å². The second-order valence-corrected chi connectivity index (χ2v) is 3.35. The Morgan fingerprint density at radius 3 is 2.64 bits per heavy atom.